The molecule has 0 aliphatic carbocycles. The van der Waals surface area contributed by atoms with Gasteiger partial charge in [0.05, 0.1) is 16.6 Å². The zero-order valence-electron chi connectivity index (χ0n) is 22.4. The van der Waals surface area contributed by atoms with E-state index in [9.17, 15) is 9.90 Å². The Kier molecular flexibility index (Phi) is 7.62. The van der Waals surface area contributed by atoms with Crippen molar-refractivity contribution in [2.45, 2.75) is 20.4 Å². The number of amides is 1. The lowest BCUT2D eigenvalue weighted by molar-refractivity contribution is 0.102. The highest BCUT2D eigenvalue weighted by atomic mass is 16.3. The van der Waals surface area contributed by atoms with Crippen molar-refractivity contribution in [1.29, 1.82) is 0 Å². The Labute approximate surface area is 223 Å². The summed E-state index contributed by atoms with van der Waals surface area (Å²) in [6.07, 6.45) is 0. The van der Waals surface area contributed by atoms with Crippen LogP contribution in [0.3, 0.4) is 0 Å². The maximum absolute atomic E-state index is 13.0. The molecular weight excluding hydrogens is 476 g/mol. The summed E-state index contributed by atoms with van der Waals surface area (Å²) in [4.78, 5) is 27.9. The van der Waals surface area contributed by atoms with E-state index in [4.69, 9.17) is 0 Å². The van der Waals surface area contributed by atoms with Gasteiger partial charge in [-0.15, -0.1) is 0 Å². The first-order valence-electron chi connectivity index (χ1n) is 13.3. The minimum Gasteiger partial charge on any atom is -0.507 e. The molecule has 0 radical (unpaired) electrons. The average Bonchev–Trinajstić information content (AvgIpc) is 3.35. The molecule has 0 atom stereocenters. The van der Waals surface area contributed by atoms with Gasteiger partial charge in [0.15, 0.2) is 0 Å². The lowest BCUT2D eigenvalue weighted by Gasteiger charge is -2.32. The van der Waals surface area contributed by atoms with Gasteiger partial charge in [-0.1, -0.05) is 12.1 Å². The molecule has 1 aliphatic rings. The van der Waals surface area contributed by atoms with E-state index in [0.717, 1.165) is 68.2 Å². The van der Waals surface area contributed by atoms with Crippen molar-refractivity contribution in [3.8, 4) is 17.1 Å². The standard InChI is InChI=1S/C30H36N6O2/c1-4-36(5-2)24-11-12-25(28(37)19-24)29-32-26-13-8-22(18-27(26)33-29)30(38)31-23-9-6-21(7-10-23)20-35-16-14-34(3)15-17-35/h6-13,18-19,37H,4-5,14-17,20H2,1-3H3,(H,31,38)(H,32,33). The Balaban J connectivity index is 1.26. The van der Waals surface area contributed by atoms with Crippen molar-refractivity contribution >= 4 is 28.3 Å². The van der Waals surface area contributed by atoms with Crippen molar-refractivity contribution in [2.24, 2.45) is 0 Å². The van der Waals surface area contributed by atoms with E-state index in [2.05, 4.69) is 63.0 Å². The van der Waals surface area contributed by atoms with E-state index in [1.807, 2.05) is 30.3 Å². The average molecular weight is 513 g/mol. The fourth-order valence-corrected chi connectivity index (χ4v) is 4.95. The van der Waals surface area contributed by atoms with Gasteiger partial charge in [-0.3, -0.25) is 9.69 Å². The number of aromatic hydroxyl groups is 1. The Bertz CT molecular complexity index is 1400. The number of piperazine rings is 1. The summed E-state index contributed by atoms with van der Waals surface area (Å²) in [5.41, 5.74) is 5.61. The third-order valence-electron chi connectivity index (χ3n) is 7.32. The van der Waals surface area contributed by atoms with Crippen LogP contribution in [0.5, 0.6) is 5.75 Å². The van der Waals surface area contributed by atoms with Crippen molar-refractivity contribution in [3.63, 3.8) is 0 Å². The van der Waals surface area contributed by atoms with E-state index < -0.39 is 0 Å². The first-order chi connectivity index (χ1) is 18.4. The number of aromatic amines is 1. The second-order valence-corrected chi connectivity index (χ2v) is 9.92. The highest BCUT2D eigenvalue weighted by Crippen LogP contribution is 2.32. The number of phenols is 1. The quantitative estimate of drug-likeness (QED) is 0.315. The summed E-state index contributed by atoms with van der Waals surface area (Å²) in [6, 6.07) is 19.1. The fourth-order valence-electron chi connectivity index (χ4n) is 4.95. The van der Waals surface area contributed by atoms with E-state index in [0.29, 0.717) is 17.0 Å². The number of phenolic OH excluding ortho intramolecular Hbond substituents is 1. The summed E-state index contributed by atoms with van der Waals surface area (Å²) < 4.78 is 0. The van der Waals surface area contributed by atoms with Crippen LogP contribution in [0.2, 0.25) is 0 Å². The Morgan fingerprint density at radius 2 is 1.74 bits per heavy atom. The first kappa shape index (κ1) is 25.8. The van der Waals surface area contributed by atoms with Gasteiger partial charge in [0.25, 0.3) is 5.91 Å². The normalized spacial score (nSPS) is 14.6. The zero-order chi connectivity index (χ0) is 26.6. The van der Waals surface area contributed by atoms with E-state index in [1.54, 1.807) is 18.2 Å². The third kappa shape index (κ3) is 5.66. The second-order valence-electron chi connectivity index (χ2n) is 9.92. The van der Waals surface area contributed by atoms with Crippen LogP contribution in [0.15, 0.2) is 60.7 Å². The molecule has 3 aromatic carbocycles. The molecule has 1 amide bonds. The number of hydrogen-bond donors (Lipinski definition) is 3. The zero-order valence-corrected chi connectivity index (χ0v) is 22.4. The van der Waals surface area contributed by atoms with Gasteiger partial charge in [-0.25, -0.2) is 4.98 Å². The largest absolute Gasteiger partial charge is 0.507 e. The van der Waals surface area contributed by atoms with Crippen LogP contribution < -0.4 is 10.2 Å². The van der Waals surface area contributed by atoms with Gasteiger partial charge >= 0.3 is 0 Å². The molecule has 4 aromatic rings. The highest BCUT2D eigenvalue weighted by molar-refractivity contribution is 6.06. The molecule has 1 aromatic heterocycles. The molecule has 8 heteroatoms. The van der Waals surface area contributed by atoms with Crippen LogP contribution in [0.25, 0.3) is 22.4 Å². The van der Waals surface area contributed by atoms with Crippen LogP contribution in [0.1, 0.15) is 29.8 Å². The molecule has 8 nitrogen and oxygen atoms in total. The topological polar surface area (TPSA) is 87.7 Å². The summed E-state index contributed by atoms with van der Waals surface area (Å²) in [7, 11) is 2.16. The van der Waals surface area contributed by atoms with Gasteiger partial charge in [0.2, 0.25) is 0 Å². The van der Waals surface area contributed by atoms with Crippen molar-refractivity contribution in [3.05, 3.63) is 71.8 Å². The van der Waals surface area contributed by atoms with Crippen molar-refractivity contribution < 1.29 is 9.90 Å². The maximum atomic E-state index is 13.0. The van der Waals surface area contributed by atoms with E-state index in [-0.39, 0.29) is 11.7 Å². The molecule has 1 fully saturated rings. The predicted octanol–water partition coefficient (Wildman–Crippen LogP) is 4.78. The molecule has 1 aliphatic heterocycles. The summed E-state index contributed by atoms with van der Waals surface area (Å²) in [6.45, 7) is 11.2. The monoisotopic (exact) mass is 512 g/mol. The Morgan fingerprint density at radius 1 is 1.00 bits per heavy atom. The summed E-state index contributed by atoms with van der Waals surface area (Å²) >= 11 is 0. The molecule has 0 spiro atoms. The van der Waals surface area contributed by atoms with E-state index >= 15 is 0 Å². The molecule has 0 saturated carbocycles. The van der Waals surface area contributed by atoms with Crippen LogP contribution in [-0.2, 0) is 6.54 Å². The number of aromatic nitrogens is 2. The SMILES string of the molecule is CCN(CC)c1ccc(-c2nc3ccc(C(=O)Nc4ccc(CN5CCN(C)CC5)cc4)cc3[nH]2)c(O)c1. The number of rotatable bonds is 8. The van der Waals surface area contributed by atoms with Gasteiger partial charge in [0.1, 0.15) is 11.6 Å². The number of benzene rings is 3. The molecule has 198 valence electrons. The second kappa shape index (κ2) is 11.2. The number of likely N-dealkylation sites (N-methyl/N-ethyl adjacent to an activating group) is 1. The van der Waals surface area contributed by atoms with Gasteiger partial charge in [-0.2, -0.15) is 0 Å². The van der Waals surface area contributed by atoms with Gasteiger partial charge in [-0.05, 0) is 68.9 Å². The minimum absolute atomic E-state index is 0.169. The highest BCUT2D eigenvalue weighted by Gasteiger charge is 2.16. The molecule has 1 saturated heterocycles. The summed E-state index contributed by atoms with van der Waals surface area (Å²) in [5, 5.41) is 13.7. The molecule has 3 N–H and O–H groups in total. The fraction of sp³-hybridized carbons (Fsp3) is 0.333. The number of imidazole rings is 1. The number of fused-ring (bicyclic) bond motifs is 1. The molecule has 38 heavy (non-hydrogen) atoms. The molecule has 5 rings (SSSR count). The predicted molar refractivity (Wildman–Crippen MR) is 154 cm³/mol. The maximum Gasteiger partial charge on any atom is 0.255 e. The van der Waals surface area contributed by atoms with Crippen LogP contribution in [0, 0.1) is 0 Å². The van der Waals surface area contributed by atoms with Crippen LogP contribution in [-0.4, -0.2) is 77.1 Å². The number of carbonyl (C=O) groups excluding carboxylic acids is 1. The Hall–Kier alpha value is -3.88. The number of H-pyrrole nitrogens is 1. The molecule has 0 bridgehead atoms. The molecule has 2 heterocycles. The first-order valence-corrected chi connectivity index (χ1v) is 13.3. The van der Waals surface area contributed by atoms with Crippen LogP contribution in [0.4, 0.5) is 11.4 Å². The minimum atomic E-state index is -0.179. The number of nitrogens with one attached hydrogen (secondary N) is 2. The third-order valence-corrected chi connectivity index (χ3v) is 7.32. The lowest BCUT2D eigenvalue weighted by atomic mass is 10.1. The Morgan fingerprint density at radius 3 is 2.42 bits per heavy atom. The van der Waals surface area contributed by atoms with Crippen LogP contribution >= 0.6 is 0 Å². The molecule has 0 unspecified atom stereocenters. The number of nitrogens with zero attached hydrogens (tertiary/aromatic N) is 4. The number of carbonyl (C=O) groups is 1. The van der Waals surface area contributed by atoms with Crippen molar-refractivity contribution in [1.82, 2.24) is 19.8 Å². The van der Waals surface area contributed by atoms with Gasteiger partial charge in [0, 0.05) is 68.8 Å². The van der Waals surface area contributed by atoms with Crippen molar-refractivity contribution in [2.75, 3.05) is 56.5 Å². The lowest BCUT2D eigenvalue weighted by Crippen LogP contribution is -2.43. The van der Waals surface area contributed by atoms with Gasteiger partial charge < -0.3 is 25.2 Å². The van der Waals surface area contributed by atoms with E-state index in [1.165, 1.54) is 5.56 Å². The summed E-state index contributed by atoms with van der Waals surface area (Å²) in [5.74, 6) is 0.556. The molecular formula is C30H36N6O2. The number of hydrogen-bond acceptors (Lipinski definition) is 6. The number of anilines is 2. The smallest absolute Gasteiger partial charge is 0.255 e.